The molecule has 1 aliphatic carbocycles. The molecular formula is C39H46F2N2O4. The van der Waals surface area contributed by atoms with Gasteiger partial charge >= 0.3 is 0 Å². The molecule has 3 aromatic carbocycles. The van der Waals surface area contributed by atoms with Crippen molar-refractivity contribution in [2.45, 2.75) is 83.6 Å². The van der Waals surface area contributed by atoms with E-state index in [1.807, 2.05) is 19.1 Å². The molecule has 1 N–H and O–H groups in total. The Morgan fingerprint density at radius 3 is 2.36 bits per heavy atom. The number of benzene rings is 3. The number of alkyl halides is 2. The molecule has 3 atom stereocenters. The van der Waals surface area contributed by atoms with Gasteiger partial charge in [-0.2, -0.15) is 0 Å². The van der Waals surface area contributed by atoms with Crippen LogP contribution in [0.25, 0.3) is 6.08 Å². The molecule has 6 nitrogen and oxygen atoms in total. The maximum Gasteiger partial charge on any atom is 0.270 e. The Morgan fingerprint density at radius 2 is 1.66 bits per heavy atom. The van der Waals surface area contributed by atoms with Gasteiger partial charge in [0.15, 0.2) is 5.78 Å². The summed E-state index contributed by atoms with van der Waals surface area (Å²) in [5, 5.41) is 4.94. The van der Waals surface area contributed by atoms with Crippen molar-refractivity contribution in [2.75, 3.05) is 20.3 Å². The van der Waals surface area contributed by atoms with Crippen molar-refractivity contribution in [3.8, 4) is 11.5 Å². The van der Waals surface area contributed by atoms with Crippen molar-refractivity contribution in [2.24, 2.45) is 16.8 Å². The van der Waals surface area contributed by atoms with Crippen molar-refractivity contribution in [3.63, 3.8) is 0 Å². The third-order valence-corrected chi connectivity index (χ3v) is 9.53. The predicted octanol–water partition coefficient (Wildman–Crippen LogP) is 7.70. The highest BCUT2D eigenvalue weighted by Crippen LogP contribution is 2.35. The van der Waals surface area contributed by atoms with E-state index < -0.39 is 5.92 Å². The van der Waals surface area contributed by atoms with Crippen LogP contribution in [0.15, 0.2) is 65.7 Å². The van der Waals surface area contributed by atoms with Gasteiger partial charge < -0.3 is 14.8 Å². The van der Waals surface area contributed by atoms with E-state index in [4.69, 9.17) is 14.5 Å². The highest BCUT2D eigenvalue weighted by molar-refractivity contribution is 5.96. The molecule has 5 rings (SSSR count). The second-order valence-corrected chi connectivity index (χ2v) is 13.1. The average molecular weight is 645 g/mol. The number of nitrogens with zero attached hydrogens (tertiary/aromatic N) is 1. The number of Topliss-reactive ketones (excluding diaryl/α,β-unsaturated/α-hetero) is 1. The molecule has 1 saturated carbocycles. The summed E-state index contributed by atoms with van der Waals surface area (Å²) in [4.78, 5) is 30.7. The Kier molecular flexibility index (Phi) is 11.6. The molecule has 3 unspecified atom stereocenters. The topological polar surface area (TPSA) is 77.0 Å². The first-order chi connectivity index (χ1) is 22.6. The number of ether oxygens (including phenoxy) is 2. The summed E-state index contributed by atoms with van der Waals surface area (Å²) in [7, 11) is 1.62. The van der Waals surface area contributed by atoms with E-state index in [0.717, 1.165) is 68.0 Å². The van der Waals surface area contributed by atoms with E-state index in [1.54, 1.807) is 31.4 Å². The van der Waals surface area contributed by atoms with Gasteiger partial charge in [0.1, 0.15) is 11.5 Å². The Balaban J connectivity index is 1.07. The zero-order chi connectivity index (χ0) is 33.4. The number of hydrogen-bond acceptors (Lipinski definition) is 5. The molecule has 0 radical (unpaired) electrons. The molecule has 1 heterocycles. The number of nitrogens with one attached hydrogen (secondary N) is 1. The lowest BCUT2D eigenvalue weighted by atomic mass is 9.76. The Bertz CT molecular complexity index is 1650. The van der Waals surface area contributed by atoms with Gasteiger partial charge in [0.25, 0.3) is 11.8 Å². The molecule has 2 aliphatic rings. The second-order valence-electron chi connectivity index (χ2n) is 13.1. The number of rotatable bonds is 14. The molecule has 0 spiro atoms. The maximum atomic E-state index is 13.5. The lowest BCUT2D eigenvalue weighted by molar-refractivity contribution is 0.0174. The number of methoxy groups -OCH3 is 1. The monoisotopic (exact) mass is 644 g/mol. The van der Waals surface area contributed by atoms with Crippen molar-refractivity contribution < 1.29 is 27.8 Å². The van der Waals surface area contributed by atoms with Crippen LogP contribution in [0.1, 0.15) is 96.6 Å². The van der Waals surface area contributed by atoms with E-state index in [0.29, 0.717) is 54.0 Å². The first kappa shape index (κ1) is 34.4. The number of amides is 1. The van der Waals surface area contributed by atoms with Crippen molar-refractivity contribution >= 4 is 17.8 Å². The first-order valence-electron chi connectivity index (χ1n) is 16.8. The number of hydrogen-bond donors (Lipinski definition) is 1. The highest BCUT2D eigenvalue weighted by Gasteiger charge is 2.25. The van der Waals surface area contributed by atoms with Gasteiger partial charge in [0.05, 0.1) is 18.0 Å². The molecule has 1 aliphatic heterocycles. The number of halogens is 2. The first-order valence-corrected chi connectivity index (χ1v) is 16.8. The van der Waals surface area contributed by atoms with Gasteiger partial charge in [-0.3, -0.25) is 14.6 Å². The summed E-state index contributed by atoms with van der Waals surface area (Å²) >= 11 is 0. The molecule has 0 bridgehead atoms. The molecule has 47 heavy (non-hydrogen) atoms. The lowest BCUT2D eigenvalue weighted by Gasteiger charge is -2.29. The summed E-state index contributed by atoms with van der Waals surface area (Å²) in [5.74, 6) is -0.764. The van der Waals surface area contributed by atoms with Crippen LogP contribution >= 0.6 is 0 Å². The van der Waals surface area contributed by atoms with Crippen molar-refractivity contribution in [1.82, 2.24) is 5.32 Å². The van der Waals surface area contributed by atoms with E-state index >= 15 is 0 Å². The minimum atomic E-state index is -2.89. The van der Waals surface area contributed by atoms with Crippen molar-refractivity contribution in [1.29, 1.82) is 0 Å². The normalized spacial score (nSPS) is 19.2. The molecule has 0 aromatic heterocycles. The molecule has 1 fully saturated rings. The third-order valence-electron chi connectivity index (χ3n) is 9.53. The van der Waals surface area contributed by atoms with E-state index in [9.17, 15) is 18.4 Å². The standard InChI is InChI=1S/C39H46F2N2O4/c1-26-34-19-14-31(43-36(34)21-20-35(26)38(45)42-22-23-46-3)9-5-7-27-6-4-8-28(24-27)25-37(44)29-10-15-32(16-11-29)47-33-17-12-30(13-18-33)39(2,40)41/h10-13,15-21,27-28,31H,4-9,14,22-25H2,1-3H3,(H,42,45). The zero-order valence-corrected chi connectivity index (χ0v) is 27.7. The summed E-state index contributed by atoms with van der Waals surface area (Å²) < 4.78 is 37.8. The van der Waals surface area contributed by atoms with Crippen LogP contribution in [0.3, 0.4) is 0 Å². The van der Waals surface area contributed by atoms with E-state index in [-0.39, 0.29) is 23.3 Å². The highest BCUT2D eigenvalue weighted by atomic mass is 19.3. The number of fused-ring (bicyclic) bond motifs is 1. The molecule has 0 saturated heterocycles. The minimum absolute atomic E-state index is 0.0621. The number of carbonyl (C=O) groups is 2. The smallest absolute Gasteiger partial charge is 0.270 e. The summed E-state index contributed by atoms with van der Waals surface area (Å²) in [6.07, 6.45) is 11.6. The molecular weight excluding hydrogens is 598 g/mol. The fraction of sp³-hybridized carbons (Fsp3) is 0.462. The predicted molar refractivity (Wildman–Crippen MR) is 180 cm³/mol. The van der Waals surface area contributed by atoms with Gasteiger partial charge in [-0.15, -0.1) is 0 Å². The van der Waals surface area contributed by atoms with Crippen LogP contribution in [0.4, 0.5) is 8.78 Å². The Morgan fingerprint density at radius 1 is 0.957 bits per heavy atom. The molecule has 1 amide bonds. The van der Waals surface area contributed by atoms with Gasteiger partial charge in [0.2, 0.25) is 0 Å². The SMILES string of the molecule is COCCNC(=O)c1ccc2c(c1C)=CCC(CCCC1CCCC(CC(=O)c3ccc(Oc4ccc(C(C)(F)F)cc4)cc3)C1)N=2. The molecule has 8 heteroatoms. The summed E-state index contributed by atoms with van der Waals surface area (Å²) in [6, 6.07) is 17.0. The van der Waals surface area contributed by atoms with Crippen LogP contribution in [-0.4, -0.2) is 38.0 Å². The number of carbonyl (C=O) groups excluding carboxylic acids is 2. The second kappa shape index (κ2) is 15.8. The van der Waals surface area contributed by atoms with Gasteiger partial charge in [0, 0.05) is 43.7 Å². The van der Waals surface area contributed by atoms with Crippen molar-refractivity contribution in [3.05, 3.63) is 93.5 Å². The van der Waals surface area contributed by atoms with Crippen LogP contribution in [0.2, 0.25) is 0 Å². The third kappa shape index (κ3) is 9.34. The van der Waals surface area contributed by atoms with Gasteiger partial charge in [-0.05, 0) is 116 Å². The van der Waals surface area contributed by atoms with Crippen LogP contribution in [0, 0.1) is 18.8 Å². The Labute approximate surface area is 276 Å². The Hall–Kier alpha value is -3.91. The zero-order valence-electron chi connectivity index (χ0n) is 27.7. The van der Waals surface area contributed by atoms with E-state index in [2.05, 4.69) is 11.4 Å². The molecule has 250 valence electrons. The minimum Gasteiger partial charge on any atom is -0.457 e. The van der Waals surface area contributed by atoms with Crippen LogP contribution < -0.4 is 20.6 Å². The largest absolute Gasteiger partial charge is 0.457 e. The van der Waals surface area contributed by atoms with E-state index in [1.165, 1.54) is 30.7 Å². The van der Waals surface area contributed by atoms with Gasteiger partial charge in [-0.1, -0.05) is 31.8 Å². The molecule has 3 aromatic rings. The van der Waals surface area contributed by atoms with Gasteiger partial charge in [-0.25, -0.2) is 8.78 Å². The summed E-state index contributed by atoms with van der Waals surface area (Å²) in [6.45, 7) is 3.83. The lowest BCUT2D eigenvalue weighted by Crippen LogP contribution is -2.36. The van der Waals surface area contributed by atoms with Crippen LogP contribution in [-0.2, 0) is 10.7 Å². The fourth-order valence-electron chi connectivity index (χ4n) is 6.91. The van der Waals surface area contributed by atoms with Crippen LogP contribution in [0.5, 0.6) is 11.5 Å². The average Bonchev–Trinajstić information content (AvgIpc) is 3.05. The maximum absolute atomic E-state index is 13.5. The quantitative estimate of drug-likeness (QED) is 0.144. The summed E-state index contributed by atoms with van der Waals surface area (Å²) in [5.41, 5.74) is 2.27. The fourth-order valence-corrected chi connectivity index (χ4v) is 6.91. The number of ketones is 1.